The third kappa shape index (κ3) is 5.37. The quantitative estimate of drug-likeness (QED) is 0.599. The molecule has 160 valence electrons. The predicted octanol–water partition coefficient (Wildman–Crippen LogP) is 1.97. The largest absolute Gasteiger partial charge is 0.379 e. The number of hydrogen-bond donors (Lipinski definition) is 3. The number of H-pyrrole nitrogens is 1. The summed E-state index contributed by atoms with van der Waals surface area (Å²) < 4.78 is 5.47. The third-order valence-corrected chi connectivity index (χ3v) is 5.42. The number of piperidine rings is 1. The molecule has 2 aliphatic rings. The van der Waals surface area contributed by atoms with Crippen LogP contribution in [-0.4, -0.2) is 76.3 Å². The number of carbonyl (C=O) groups excluding carboxylic acids is 1. The number of nitrogens with zero attached hydrogens (tertiary/aromatic N) is 4. The molecule has 0 saturated carbocycles. The molecule has 0 bridgehead atoms. The molecule has 4 heterocycles. The van der Waals surface area contributed by atoms with Crippen LogP contribution in [-0.2, 0) is 16.1 Å². The monoisotopic (exact) mass is 411 g/mol. The minimum atomic E-state index is -0.0165. The van der Waals surface area contributed by atoms with Crippen LogP contribution in [0.5, 0.6) is 0 Å². The maximum atomic E-state index is 12.0. The van der Waals surface area contributed by atoms with Gasteiger partial charge in [0, 0.05) is 44.8 Å². The topological polar surface area (TPSA) is 98.4 Å². The van der Waals surface area contributed by atoms with Crippen molar-refractivity contribution in [3.05, 3.63) is 42.6 Å². The third-order valence-electron chi connectivity index (χ3n) is 5.42. The van der Waals surface area contributed by atoms with E-state index in [0.717, 1.165) is 69.7 Å². The van der Waals surface area contributed by atoms with Crippen LogP contribution in [0.4, 0.5) is 17.5 Å². The van der Waals surface area contributed by atoms with Crippen LogP contribution >= 0.6 is 0 Å². The van der Waals surface area contributed by atoms with Crippen molar-refractivity contribution in [3.8, 4) is 0 Å². The summed E-state index contributed by atoms with van der Waals surface area (Å²) in [5.41, 5.74) is 1.17. The summed E-state index contributed by atoms with van der Waals surface area (Å²) in [5.74, 6) is 2.33. The Morgan fingerprint density at radius 2 is 2.13 bits per heavy atom. The number of aromatic amines is 1. The van der Waals surface area contributed by atoms with E-state index in [1.54, 1.807) is 6.20 Å². The Morgan fingerprint density at radius 1 is 1.30 bits per heavy atom. The molecule has 2 fully saturated rings. The molecule has 1 amide bonds. The van der Waals surface area contributed by atoms with Gasteiger partial charge >= 0.3 is 0 Å². The van der Waals surface area contributed by atoms with E-state index in [4.69, 9.17) is 9.72 Å². The minimum absolute atomic E-state index is 0.0165. The van der Waals surface area contributed by atoms with E-state index >= 15 is 0 Å². The van der Waals surface area contributed by atoms with Crippen molar-refractivity contribution in [2.45, 2.75) is 25.4 Å². The van der Waals surface area contributed by atoms with Crippen molar-refractivity contribution in [2.75, 3.05) is 50.0 Å². The number of rotatable bonds is 7. The number of likely N-dealkylation sites (tertiary alicyclic amines) is 1. The van der Waals surface area contributed by atoms with Gasteiger partial charge in [-0.2, -0.15) is 5.10 Å². The Bertz CT molecular complexity index is 849. The van der Waals surface area contributed by atoms with Crippen LogP contribution in [0.3, 0.4) is 0 Å². The number of anilines is 3. The van der Waals surface area contributed by atoms with Gasteiger partial charge in [-0.25, -0.2) is 4.98 Å². The number of nitrogens with one attached hydrogen (secondary N) is 3. The number of ether oxygens (including phenoxy) is 1. The molecule has 0 spiro atoms. The molecule has 4 rings (SSSR count). The second-order valence-corrected chi connectivity index (χ2v) is 7.70. The van der Waals surface area contributed by atoms with E-state index in [1.165, 1.54) is 11.6 Å². The molecule has 2 aromatic heterocycles. The van der Waals surface area contributed by atoms with Gasteiger partial charge in [0.15, 0.2) is 0 Å². The zero-order chi connectivity index (χ0) is 20.8. The molecule has 1 unspecified atom stereocenters. The predicted molar refractivity (Wildman–Crippen MR) is 116 cm³/mol. The van der Waals surface area contributed by atoms with Crippen LogP contribution in [0, 0.1) is 0 Å². The van der Waals surface area contributed by atoms with E-state index in [0.29, 0.717) is 6.54 Å². The van der Waals surface area contributed by atoms with E-state index in [-0.39, 0.29) is 11.9 Å². The average molecular weight is 412 g/mol. The average Bonchev–Trinajstić information content (AvgIpc) is 3.27. The van der Waals surface area contributed by atoms with Crippen molar-refractivity contribution in [2.24, 2.45) is 0 Å². The molecule has 30 heavy (non-hydrogen) atoms. The van der Waals surface area contributed by atoms with Crippen molar-refractivity contribution < 1.29 is 9.53 Å². The van der Waals surface area contributed by atoms with Crippen LogP contribution in [0.1, 0.15) is 18.4 Å². The summed E-state index contributed by atoms with van der Waals surface area (Å²) in [6, 6.07) is 6.19. The van der Waals surface area contributed by atoms with Crippen molar-refractivity contribution >= 4 is 23.4 Å². The van der Waals surface area contributed by atoms with E-state index < -0.39 is 0 Å². The number of hydrogen-bond acceptors (Lipinski definition) is 7. The Hall–Kier alpha value is -2.91. The first-order valence-corrected chi connectivity index (χ1v) is 10.4. The van der Waals surface area contributed by atoms with Crippen molar-refractivity contribution in [3.63, 3.8) is 0 Å². The highest BCUT2D eigenvalue weighted by Crippen LogP contribution is 2.22. The zero-order valence-electron chi connectivity index (χ0n) is 17.1. The summed E-state index contributed by atoms with van der Waals surface area (Å²) in [6.07, 6.45) is 5.05. The number of pyridine rings is 1. The maximum Gasteiger partial charge on any atom is 0.246 e. The molecule has 1 atom stereocenters. The van der Waals surface area contributed by atoms with Gasteiger partial charge in [0.05, 0.1) is 19.4 Å². The Balaban J connectivity index is 1.50. The van der Waals surface area contributed by atoms with Crippen LogP contribution in [0.25, 0.3) is 0 Å². The second-order valence-electron chi connectivity index (χ2n) is 7.70. The number of amides is 1. The molecule has 0 aromatic carbocycles. The van der Waals surface area contributed by atoms with Gasteiger partial charge in [-0.1, -0.05) is 6.58 Å². The highest BCUT2D eigenvalue weighted by molar-refractivity contribution is 5.87. The summed E-state index contributed by atoms with van der Waals surface area (Å²) in [6.45, 7) is 9.27. The summed E-state index contributed by atoms with van der Waals surface area (Å²) in [7, 11) is 0. The van der Waals surface area contributed by atoms with Crippen molar-refractivity contribution in [1.29, 1.82) is 0 Å². The number of aromatic nitrogens is 3. The molecule has 9 heteroatoms. The van der Waals surface area contributed by atoms with Crippen molar-refractivity contribution in [1.82, 2.24) is 25.0 Å². The maximum absolute atomic E-state index is 12.0. The lowest BCUT2D eigenvalue weighted by Gasteiger charge is -2.33. The highest BCUT2D eigenvalue weighted by Gasteiger charge is 2.23. The van der Waals surface area contributed by atoms with Gasteiger partial charge in [-0.3, -0.25) is 14.8 Å². The fourth-order valence-corrected chi connectivity index (χ4v) is 3.93. The van der Waals surface area contributed by atoms with E-state index in [9.17, 15) is 4.79 Å². The van der Waals surface area contributed by atoms with Crippen LogP contribution < -0.4 is 10.6 Å². The SMILES string of the molecule is C=CC(=O)N1CCCC(Nc2cc(CN3CCOCC3)cc(Nc3ccn[nH]3)n2)C1. The summed E-state index contributed by atoms with van der Waals surface area (Å²) in [5, 5.41) is 13.7. The normalized spacial score (nSPS) is 20.0. The van der Waals surface area contributed by atoms with Gasteiger partial charge in [-0.15, -0.1) is 0 Å². The van der Waals surface area contributed by atoms with Crippen LogP contribution in [0.2, 0.25) is 0 Å². The molecule has 2 saturated heterocycles. The lowest BCUT2D eigenvalue weighted by molar-refractivity contribution is -0.127. The summed E-state index contributed by atoms with van der Waals surface area (Å²) >= 11 is 0. The Labute approximate surface area is 176 Å². The lowest BCUT2D eigenvalue weighted by atomic mass is 10.1. The molecular formula is C21H29N7O2. The molecule has 3 N–H and O–H groups in total. The molecule has 2 aliphatic heterocycles. The standard InChI is InChI=1S/C21H29N7O2/c1-2-21(29)28-7-3-4-17(15-28)23-19-12-16(14-27-8-10-30-11-9-27)13-20(25-19)24-18-5-6-22-26-18/h2,5-6,12-13,17H,1,3-4,7-11,14-15H2,(H3,22,23,24,25,26). The van der Waals surface area contributed by atoms with E-state index in [1.807, 2.05) is 11.0 Å². The van der Waals surface area contributed by atoms with Gasteiger partial charge in [0.1, 0.15) is 17.5 Å². The minimum Gasteiger partial charge on any atom is -0.379 e. The van der Waals surface area contributed by atoms with Gasteiger partial charge in [-0.05, 0) is 36.6 Å². The van der Waals surface area contributed by atoms with Crippen LogP contribution in [0.15, 0.2) is 37.1 Å². The molecular weight excluding hydrogens is 382 g/mol. The lowest BCUT2D eigenvalue weighted by Crippen LogP contribution is -2.44. The Morgan fingerprint density at radius 3 is 2.90 bits per heavy atom. The second kappa shape index (κ2) is 9.73. The fraction of sp³-hybridized carbons (Fsp3) is 0.476. The molecule has 9 nitrogen and oxygen atoms in total. The first-order valence-electron chi connectivity index (χ1n) is 10.4. The molecule has 2 aromatic rings. The number of morpholine rings is 1. The first-order chi connectivity index (χ1) is 14.7. The summed E-state index contributed by atoms with van der Waals surface area (Å²) in [4.78, 5) is 21.0. The Kier molecular flexibility index (Phi) is 6.60. The molecule has 0 aliphatic carbocycles. The fourth-order valence-electron chi connectivity index (χ4n) is 3.93. The van der Waals surface area contributed by atoms with Gasteiger partial charge in [0.2, 0.25) is 5.91 Å². The first kappa shape index (κ1) is 20.4. The van der Waals surface area contributed by atoms with Gasteiger partial charge < -0.3 is 20.3 Å². The number of carbonyl (C=O) groups is 1. The van der Waals surface area contributed by atoms with E-state index in [2.05, 4.69) is 44.4 Å². The zero-order valence-corrected chi connectivity index (χ0v) is 17.1. The molecule has 0 radical (unpaired) electrons. The highest BCUT2D eigenvalue weighted by atomic mass is 16.5. The smallest absolute Gasteiger partial charge is 0.246 e. The van der Waals surface area contributed by atoms with Gasteiger partial charge in [0.25, 0.3) is 0 Å².